The largest absolute Gasteiger partial charge is 1.00 e. The second-order valence-corrected chi connectivity index (χ2v) is 6.93. The molecule has 0 bridgehead atoms. The summed E-state index contributed by atoms with van der Waals surface area (Å²) >= 11 is 0. The Bertz CT molecular complexity index is 503. The molecule has 0 saturated carbocycles. The van der Waals surface area contributed by atoms with E-state index in [1.165, 1.54) is 6.08 Å². The van der Waals surface area contributed by atoms with E-state index in [1.807, 2.05) is 0 Å². The Hall–Kier alpha value is -0.410. The molecule has 0 aromatic rings. The van der Waals surface area contributed by atoms with Gasteiger partial charge in [0.1, 0.15) is 16.7 Å². The maximum absolute atomic E-state index is 11.8. The summed E-state index contributed by atoms with van der Waals surface area (Å²) in [4.78, 5) is 23.3. The Labute approximate surface area is 172 Å². The van der Waals surface area contributed by atoms with Gasteiger partial charge in [-0.2, -0.15) is 0 Å². The van der Waals surface area contributed by atoms with Crippen molar-refractivity contribution in [3.63, 3.8) is 0 Å². The van der Waals surface area contributed by atoms with Gasteiger partial charge < -0.3 is 14.0 Å². The number of carbonyl (C=O) groups excluding carboxylic acids is 2. The third kappa shape index (κ3) is 14.4. The molecule has 1 atom stereocenters. The van der Waals surface area contributed by atoms with Crippen LogP contribution >= 0.6 is 0 Å². The van der Waals surface area contributed by atoms with Crippen LogP contribution in [0.4, 0.5) is 0 Å². The number of unbranched alkanes of at least 4 members (excludes halogenated alkanes) is 5. The molecule has 0 amide bonds. The molecule has 0 rings (SSSR count). The summed E-state index contributed by atoms with van der Waals surface area (Å²) in [6.45, 7) is 3.81. The first kappa shape index (κ1) is 26.8. The summed E-state index contributed by atoms with van der Waals surface area (Å²) in [7, 11) is -4.99. The van der Waals surface area contributed by atoms with E-state index < -0.39 is 33.7 Å². The van der Waals surface area contributed by atoms with E-state index in [0.717, 1.165) is 32.1 Å². The van der Waals surface area contributed by atoms with Crippen molar-refractivity contribution in [2.45, 2.75) is 64.0 Å². The van der Waals surface area contributed by atoms with Gasteiger partial charge in [0.25, 0.3) is 0 Å². The van der Waals surface area contributed by atoms with Crippen LogP contribution in [-0.2, 0) is 29.2 Å². The van der Waals surface area contributed by atoms with Gasteiger partial charge in [0, 0.05) is 0 Å². The van der Waals surface area contributed by atoms with Gasteiger partial charge in [0.2, 0.25) is 0 Å². The fourth-order valence-electron chi connectivity index (χ4n) is 1.90. The predicted octanol–water partition coefficient (Wildman–Crippen LogP) is -0.683. The van der Waals surface area contributed by atoms with Crippen LogP contribution in [0.5, 0.6) is 0 Å². The SMILES string of the molecule is C/C=C/COC(=O)CC(C(=O)OCCCCCCCC)S(=O)(=O)[O-].[Na+]. The van der Waals surface area contributed by atoms with E-state index in [4.69, 9.17) is 9.47 Å². The second kappa shape index (κ2) is 15.8. The minimum absolute atomic E-state index is 0. The third-order valence-corrected chi connectivity index (χ3v) is 4.34. The van der Waals surface area contributed by atoms with Gasteiger partial charge in [0.05, 0.1) is 13.0 Å². The standard InChI is InChI=1S/C16H28O7S.Na/c1-3-5-7-8-9-10-12-23-16(18)14(24(19,20)21)13-15(17)22-11-6-4-2;/h4,6,14H,3,5,7-13H2,1-2H3,(H,19,20,21);/q;+1/p-1/b6-4+;. The summed E-state index contributed by atoms with van der Waals surface area (Å²) in [6, 6.07) is 0. The summed E-state index contributed by atoms with van der Waals surface area (Å²) < 4.78 is 43.0. The molecule has 0 aliphatic heterocycles. The van der Waals surface area contributed by atoms with E-state index in [0.29, 0.717) is 6.42 Å². The molecule has 25 heavy (non-hydrogen) atoms. The van der Waals surface area contributed by atoms with Gasteiger partial charge in [-0.15, -0.1) is 0 Å². The molecule has 0 N–H and O–H groups in total. The van der Waals surface area contributed by atoms with Crippen molar-refractivity contribution in [2.24, 2.45) is 0 Å². The average Bonchev–Trinajstić information content (AvgIpc) is 2.50. The first-order chi connectivity index (χ1) is 11.3. The van der Waals surface area contributed by atoms with Gasteiger partial charge in [-0.3, -0.25) is 9.59 Å². The van der Waals surface area contributed by atoms with Crippen LogP contribution in [0, 0.1) is 0 Å². The monoisotopic (exact) mass is 386 g/mol. The fourth-order valence-corrected chi connectivity index (χ4v) is 2.54. The van der Waals surface area contributed by atoms with Crippen molar-refractivity contribution in [3.8, 4) is 0 Å². The zero-order valence-corrected chi connectivity index (χ0v) is 18.2. The second-order valence-electron chi connectivity index (χ2n) is 5.37. The maximum atomic E-state index is 11.8. The first-order valence-electron chi connectivity index (χ1n) is 8.21. The first-order valence-corrected chi connectivity index (χ1v) is 9.68. The summed E-state index contributed by atoms with van der Waals surface area (Å²) in [5.41, 5.74) is 0. The molecule has 9 heteroatoms. The van der Waals surface area contributed by atoms with Crippen LogP contribution in [-0.4, -0.2) is 43.4 Å². The molecule has 7 nitrogen and oxygen atoms in total. The zero-order valence-electron chi connectivity index (χ0n) is 15.4. The van der Waals surface area contributed by atoms with Crippen LogP contribution in [0.2, 0.25) is 0 Å². The van der Waals surface area contributed by atoms with Crippen molar-refractivity contribution < 1.29 is 61.6 Å². The molecular formula is C16H27NaO7S. The van der Waals surface area contributed by atoms with Crippen molar-refractivity contribution in [1.29, 1.82) is 0 Å². The molecule has 0 aromatic heterocycles. The van der Waals surface area contributed by atoms with Crippen molar-refractivity contribution >= 4 is 22.1 Å². The number of ether oxygens (including phenoxy) is 2. The molecule has 0 radical (unpaired) electrons. The van der Waals surface area contributed by atoms with E-state index in [-0.39, 0.29) is 42.8 Å². The Balaban J connectivity index is 0. The third-order valence-electron chi connectivity index (χ3n) is 3.28. The number of allylic oxidation sites excluding steroid dienone is 1. The van der Waals surface area contributed by atoms with Crippen LogP contribution in [0.15, 0.2) is 12.2 Å². The van der Waals surface area contributed by atoms with Crippen LogP contribution < -0.4 is 29.6 Å². The van der Waals surface area contributed by atoms with Crippen LogP contribution in [0.1, 0.15) is 58.8 Å². The molecule has 0 heterocycles. The minimum atomic E-state index is -4.99. The van der Waals surface area contributed by atoms with Crippen molar-refractivity contribution in [3.05, 3.63) is 12.2 Å². The Morgan fingerprint density at radius 1 is 1.08 bits per heavy atom. The Morgan fingerprint density at radius 3 is 2.24 bits per heavy atom. The molecule has 0 spiro atoms. The maximum Gasteiger partial charge on any atom is 1.00 e. The topological polar surface area (TPSA) is 110 Å². The summed E-state index contributed by atoms with van der Waals surface area (Å²) in [6.07, 6.45) is 8.16. The molecule has 0 fully saturated rings. The number of carbonyl (C=O) groups is 2. The molecule has 0 aliphatic carbocycles. The van der Waals surface area contributed by atoms with Gasteiger partial charge in [-0.25, -0.2) is 8.42 Å². The van der Waals surface area contributed by atoms with Gasteiger partial charge >= 0.3 is 41.5 Å². The Morgan fingerprint density at radius 2 is 1.68 bits per heavy atom. The molecule has 0 aromatic carbocycles. The quantitative estimate of drug-likeness (QED) is 0.136. The number of esters is 2. The van der Waals surface area contributed by atoms with E-state index in [9.17, 15) is 22.6 Å². The molecular weight excluding hydrogens is 359 g/mol. The van der Waals surface area contributed by atoms with Gasteiger partial charge in [0.15, 0.2) is 5.25 Å². The minimum Gasteiger partial charge on any atom is -0.747 e. The number of rotatable bonds is 13. The normalized spacial score (nSPS) is 12.4. The van der Waals surface area contributed by atoms with Crippen molar-refractivity contribution in [2.75, 3.05) is 13.2 Å². The molecule has 0 saturated heterocycles. The smallest absolute Gasteiger partial charge is 0.747 e. The molecule has 140 valence electrons. The van der Waals surface area contributed by atoms with Crippen LogP contribution in [0.3, 0.4) is 0 Å². The zero-order chi connectivity index (χ0) is 18.4. The van der Waals surface area contributed by atoms with Gasteiger partial charge in [-0.1, -0.05) is 51.2 Å². The van der Waals surface area contributed by atoms with E-state index in [2.05, 4.69) is 6.92 Å². The summed E-state index contributed by atoms with van der Waals surface area (Å²) in [5, 5.41) is -2.06. The average molecular weight is 386 g/mol. The number of hydrogen-bond acceptors (Lipinski definition) is 7. The van der Waals surface area contributed by atoms with Gasteiger partial charge in [-0.05, 0) is 13.3 Å². The van der Waals surface area contributed by atoms with E-state index in [1.54, 1.807) is 13.0 Å². The molecule has 0 aliphatic rings. The predicted molar refractivity (Wildman–Crippen MR) is 88.2 cm³/mol. The number of hydrogen-bond donors (Lipinski definition) is 0. The van der Waals surface area contributed by atoms with Crippen LogP contribution in [0.25, 0.3) is 0 Å². The Kier molecular flexibility index (Phi) is 17.0. The molecule has 1 unspecified atom stereocenters. The van der Waals surface area contributed by atoms with Crippen molar-refractivity contribution in [1.82, 2.24) is 0 Å². The fraction of sp³-hybridized carbons (Fsp3) is 0.750. The van der Waals surface area contributed by atoms with E-state index >= 15 is 0 Å². The summed E-state index contributed by atoms with van der Waals surface area (Å²) in [5.74, 6) is -2.13.